The molecule has 1 heterocycles. The molecular weight excluding hydrogens is 164 g/mol. The predicted molar refractivity (Wildman–Crippen MR) is 52.5 cm³/mol. The van der Waals surface area contributed by atoms with Gasteiger partial charge in [-0.25, -0.2) is 4.98 Å². The van der Waals surface area contributed by atoms with Crippen LogP contribution in [-0.2, 0) is 13.0 Å². The van der Waals surface area contributed by atoms with E-state index in [0.29, 0.717) is 6.54 Å². The maximum absolute atomic E-state index is 9.87. The van der Waals surface area contributed by atoms with Crippen LogP contribution in [-0.4, -0.2) is 20.3 Å². The highest BCUT2D eigenvalue weighted by atomic mass is 16.3. The molecule has 0 fully saturated rings. The molecule has 1 N–H and O–H groups in total. The average Bonchev–Trinajstić information content (AvgIpc) is 2.51. The van der Waals surface area contributed by atoms with E-state index in [9.17, 15) is 5.11 Å². The Hall–Kier alpha value is -0.830. The Morgan fingerprint density at radius 2 is 2.23 bits per heavy atom. The topological polar surface area (TPSA) is 38.0 Å². The number of hydrogen-bond donors (Lipinski definition) is 1. The van der Waals surface area contributed by atoms with Gasteiger partial charge in [-0.05, 0) is 13.3 Å². The van der Waals surface area contributed by atoms with Crippen molar-refractivity contribution in [3.63, 3.8) is 0 Å². The third kappa shape index (κ3) is 2.56. The lowest BCUT2D eigenvalue weighted by Crippen LogP contribution is -2.29. The molecular formula is C10H18N2O. The van der Waals surface area contributed by atoms with Crippen molar-refractivity contribution < 1.29 is 5.11 Å². The van der Waals surface area contributed by atoms with Crippen LogP contribution < -0.4 is 0 Å². The van der Waals surface area contributed by atoms with Gasteiger partial charge in [0, 0.05) is 18.8 Å². The van der Waals surface area contributed by atoms with Crippen molar-refractivity contribution in [2.24, 2.45) is 0 Å². The summed E-state index contributed by atoms with van der Waals surface area (Å²) in [6.07, 6.45) is 5.37. The summed E-state index contributed by atoms with van der Waals surface area (Å²) in [5.41, 5.74) is -0.620. The molecule has 1 rings (SSSR count). The number of hydrogen-bond acceptors (Lipinski definition) is 2. The Labute approximate surface area is 79.4 Å². The van der Waals surface area contributed by atoms with Gasteiger partial charge in [-0.3, -0.25) is 0 Å². The molecule has 0 saturated heterocycles. The van der Waals surface area contributed by atoms with Crippen LogP contribution in [0.2, 0.25) is 0 Å². The first kappa shape index (κ1) is 10.3. The van der Waals surface area contributed by atoms with Gasteiger partial charge in [-0.2, -0.15) is 0 Å². The molecule has 1 atom stereocenters. The minimum atomic E-state index is -0.620. The molecule has 0 bridgehead atoms. The van der Waals surface area contributed by atoms with E-state index < -0.39 is 5.60 Å². The largest absolute Gasteiger partial charge is 0.388 e. The third-order valence-corrected chi connectivity index (χ3v) is 2.39. The average molecular weight is 182 g/mol. The van der Waals surface area contributed by atoms with Crippen molar-refractivity contribution in [2.45, 2.75) is 45.8 Å². The maximum Gasteiger partial charge on any atom is 0.108 e. The van der Waals surface area contributed by atoms with Gasteiger partial charge in [0.2, 0.25) is 0 Å². The number of aromatic nitrogens is 2. The van der Waals surface area contributed by atoms with Crippen LogP contribution in [0.15, 0.2) is 12.4 Å². The van der Waals surface area contributed by atoms with E-state index in [1.165, 1.54) is 0 Å². The first-order valence-corrected chi connectivity index (χ1v) is 4.81. The van der Waals surface area contributed by atoms with E-state index in [4.69, 9.17) is 0 Å². The molecule has 0 aliphatic carbocycles. The Morgan fingerprint density at radius 3 is 2.77 bits per heavy atom. The Kier molecular flexibility index (Phi) is 3.09. The molecule has 0 aromatic carbocycles. The third-order valence-electron chi connectivity index (χ3n) is 2.39. The van der Waals surface area contributed by atoms with E-state index in [0.717, 1.165) is 18.7 Å². The van der Waals surface area contributed by atoms with Gasteiger partial charge in [-0.15, -0.1) is 0 Å². The Bertz CT molecular complexity index is 266. The minimum Gasteiger partial charge on any atom is -0.388 e. The molecule has 0 radical (unpaired) electrons. The van der Waals surface area contributed by atoms with Crippen molar-refractivity contribution >= 4 is 0 Å². The predicted octanol–water partition coefficient (Wildman–Crippen LogP) is 1.61. The molecule has 1 aromatic heterocycles. The van der Waals surface area contributed by atoms with E-state index in [1.807, 2.05) is 24.6 Å². The van der Waals surface area contributed by atoms with Crippen LogP contribution in [0.4, 0.5) is 0 Å². The van der Waals surface area contributed by atoms with Crippen molar-refractivity contribution in [1.29, 1.82) is 0 Å². The second kappa shape index (κ2) is 3.92. The molecule has 3 heteroatoms. The molecule has 0 amide bonds. The number of aryl methyl sites for hydroxylation is 1. The zero-order valence-corrected chi connectivity index (χ0v) is 8.62. The van der Waals surface area contributed by atoms with Crippen LogP contribution in [0.1, 0.15) is 33.0 Å². The van der Waals surface area contributed by atoms with E-state index in [-0.39, 0.29) is 0 Å². The smallest absolute Gasteiger partial charge is 0.108 e. The lowest BCUT2D eigenvalue weighted by molar-refractivity contribution is 0.0372. The zero-order chi connectivity index (χ0) is 9.90. The van der Waals surface area contributed by atoms with E-state index in [1.54, 1.807) is 6.20 Å². The monoisotopic (exact) mass is 182 g/mol. The quantitative estimate of drug-likeness (QED) is 0.768. The van der Waals surface area contributed by atoms with Gasteiger partial charge in [-0.1, -0.05) is 13.8 Å². The molecule has 1 aromatic rings. The van der Waals surface area contributed by atoms with Crippen LogP contribution >= 0.6 is 0 Å². The van der Waals surface area contributed by atoms with Crippen molar-refractivity contribution in [3.8, 4) is 0 Å². The highest BCUT2D eigenvalue weighted by Gasteiger charge is 2.18. The second-order valence-electron chi connectivity index (χ2n) is 3.68. The fraction of sp³-hybridized carbons (Fsp3) is 0.700. The SMILES string of the molecule is CCc1nccn1CC(C)(O)CC. The molecule has 0 spiro atoms. The van der Waals surface area contributed by atoms with Gasteiger partial charge in [0.15, 0.2) is 0 Å². The molecule has 3 nitrogen and oxygen atoms in total. The van der Waals surface area contributed by atoms with Crippen molar-refractivity contribution in [3.05, 3.63) is 18.2 Å². The highest BCUT2D eigenvalue weighted by Crippen LogP contribution is 2.13. The highest BCUT2D eigenvalue weighted by molar-refractivity contribution is 4.93. The first-order chi connectivity index (χ1) is 6.09. The van der Waals surface area contributed by atoms with Crippen LogP contribution in [0.5, 0.6) is 0 Å². The Balaban J connectivity index is 2.73. The van der Waals surface area contributed by atoms with Gasteiger partial charge >= 0.3 is 0 Å². The molecule has 13 heavy (non-hydrogen) atoms. The zero-order valence-electron chi connectivity index (χ0n) is 8.62. The normalized spacial score (nSPS) is 15.7. The lowest BCUT2D eigenvalue weighted by Gasteiger charge is -2.22. The van der Waals surface area contributed by atoms with Gasteiger partial charge in [0.1, 0.15) is 5.82 Å². The van der Waals surface area contributed by atoms with Crippen molar-refractivity contribution in [2.75, 3.05) is 0 Å². The second-order valence-corrected chi connectivity index (χ2v) is 3.68. The summed E-state index contributed by atoms with van der Waals surface area (Å²) in [6.45, 7) is 6.54. The number of rotatable bonds is 4. The Morgan fingerprint density at radius 1 is 1.54 bits per heavy atom. The van der Waals surface area contributed by atoms with Crippen LogP contribution in [0.3, 0.4) is 0 Å². The minimum absolute atomic E-state index is 0.620. The van der Waals surface area contributed by atoms with Crippen LogP contribution in [0, 0.1) is 0 Å². The fourth-order valence-electron chi connectivity index (χ4n) is 1.28. The van der Waals surface area contributed by atoms with Crippen LogP contribution in [0.25, 0.3) is 0 Å². The molecule has 74 valence electrons. The number of imidazole rings is 1. The van der Waals surface area contributed by atoms with E-state index >= 15 is 0 Å². The summed E-state index contributed by atoms with van der Waals surface area (Å²) < 4.78 is 2.02. The summed E-state index contributed by atoms with van der Waals surface area (Å²) in [5, 5.41) is 9.87. The van der Waals surface area contributed by atoms with Gasteiger partial charge in [0.25, 0.3) is 0 Å². The summed E-state index contributed by atoms with van der Waals surface area (Å²) in [6, 6.07) is 0. The summed E-state index contributed by atoms with van der Waals surface area (Å²) in [5.74, 6) is 1.04. The molecule has 1 unspecified atom stereocenters. The number of aliphatic hydroxyl groups is 1. The van der Waals surface area contributed by atoms with Crippen molar-refractivity contribution in [1.82, 2.24) is 9.55 Å². The molecule has 0 aliphatic rings. The maximum atomic E-state index is 9.87. The lowest BCUT2D eigenvalue weighted by atomic mass is 10.0. The summed E-state index contributed by atoms with van der Waals surface area (Å²) in [4.78, 5) is 4.20. The van der Waals surface area contributed by atoms with Gasteiger partial charge in [0.05, 0.1) is 12.1 Å². The standard InChI is InChI=1S/C10H18N2O/c1-4-9-11-6-7-12(9)8-10(3,13)5-2/h6-7,13H,4-5,8H2,1-3H3. The fourth-order valence-corrected chi connectivity index (χ4v) is 1.28. The van der Waals surface area contributed by atoms with Gasteiger partial charge < -0.3 is 9.67 Å². The molecule has 0 saturated carbocycles. The van der Waals surface area contributed by atoms with E-state index in [2.05, 4.69) is 11.9 Å². The summed E-state index contributed by atoms with van der Waals surface area (Å²) in [7, 11) is 0. The number of nitrogens with zero attached hydrogens (tertiary/aromatic N) is 2. The summed E-state index contributed by atoms with van der Waals surface area (Å²) >= 11 is 0. The molecule has 0 aliphatic heterocycles. The first-order valence-electron chi connectivity index (χ1n) is 4.81.